The number of nitriles is 1. The molecule has 1 N–H and O–H groups in total. The summed E-state index contributed by atoms with van der Waals surface area (Å²) in [5.74, 6) is 0. The molecule has 1 aliphatic carbocycles. The Balaban J connectivity index is 1.78. The minimum absolute atomic E-state index is 0.137. The zero-order chi connectivity index (χ0) is 19.3. The molecule has 3 rings (SSSR count). The van der Waals surface area contributed by atoms with Crippen molar-refractivity contribution in [2.45, 2.75) is 43.6 Å². The van der Waals surface area contributed by atoms with Crippen LogP contribution in [0.4, 0.5) is 5.69 Å². The van der Waals surface area contributed by atoms with Gasteiger partial charge in [0.2, 0.25) is 6.41 Å². The van der Waals surface area contributed by atoms with Crippen molar-refractivity contribution in [3.63, 3.8) is 0 Å². The Morgan fingerprint density at radius 1 is 1.07 bits per heavy atom. The molecule has 1 aliphatic rings. The van der Waals surface area contributed by atoms with Crippen LogP contribution in [0.3, 0.4) is 0 Å². The van der Waals surface area contributed by atoms with Gasteiger partial charge in [0, 0.05) is 13.6 Å². The van der Waals surface area contributed by atoms with Crippen molar-refractivity contribution >= 4 is 12.1 Å². The fourth-order valence-corrected chi connectivity index (χ4v) is 4.32. The molecule has 0 saturated heterocycles. The topological polar surface area (TPSA) is 56.1 Å². The summed E-state index contributed by atoms with van der Waals surface area (Å²) in [6.07, 6.45) is 4.69. The molecule has 1 fully saturated rings. The number of hydrogen-bond acceptors (Lipinski definition) is 3. The first-order valence-corrected chi connectivity index (χ1v) is 9.49. The number of likely N-dealkylation sites (N-methyl/N-ethyl adjacent to an activating group) is 1. The number of rotatable bonds is 6. The molecule has 0 aliphatic heterocycles. The van der Waals surface area contributed by atoms with Crippen LogP contribution in [0.5, 0.6) is 0 Å². The van der Waals surface area contributed by atoms with E-state index in [9.17, 15) is 10.1 Å². The lowest BCUT2D eigenvalue weighted by atomic mass is 9.65. The van der Waals surface area contributed by atoms with Gasteiger partial charge in [0.05, 0.1) is 16.8 Å². The molecule has 2 aromatic rings. The third-order valence-electron chi connectivity index (χ3n) is 6.12. The Bertz CT molecular complexity index is 817. The summed E-state index contributed by atoms with van der Waals surface area (Å²) in [6, 6.07) is 20.5. The fraction of sp³-hybridized carbons (Fsp3) is 0.391. The van der Waals surface area contributed by atoms with E-state index in [4.69, 9.17) is 0 Å². The van der Waals surface area contributed by atoms with E-state index in [0.717, 1.165) is 37.8 Å². The standard InChI is InChI=1S/C23H27N3O/c1-22(20-9-4-3-5-10-20)12-14-23(15-13-22,25-18-27)17-26(2)21-11-7-6-8-19(21)16-24/h3-11,18H,12-15,17H2,1-2H3,(H,25,27). The van der Waals surface area contributed by atoms with Crippen LogP contribution in [0.1, 0.15) is 43.7 Å². The van der Waals surface area contributed by atoms with Crippen LogP contribution in [0.15, 0.2) is 54.6 Å². The summed E-state index contributed by atoms with van der Waals surface area (Å²) in [7, 11) is 2.00. The molecule has 0 aromatic heterocycles. The van der Waals surface area contributed by atoms with Gasteiger partial charge in [-0.25, -0.2) is 0 Å². The summed E-state index contributed by atoms with van der Waals surface area (Å²) in [6.45, 7) is 3.01. The molecule has 27 heavy (non-hydrogen) atoms. The minimum Gasteiger partial charge on any atom is -0.371 e. The third kappa shape index (κ3) is 3.98. The Morgan fingerprint density at radius 2 is 1.70 bits per heavy atom. The van der Waals surface area contributed by atoms with Crippen molar-refractivity contribution in [1.82, 2.24) is 5.32 Å². The summed E-state index contributed by atoms with van der Waals surface area (Å²) in [5, 5.41) is 12.5. The lowest BCUT2D eigenvalue weighted by Gasteiger charge is -2.47. The van der Waals surface area contributed by atoms with E-state index in [2.05, 4.69) is 53.5 Å². The van der Waals surface area contributed by atoms with Crippen LogP contribution in [-0.2, 0) is 10.2 Å². The zero-order valence-corrected chi connectivity index (χ0v) is 16.1. The maximum atomic E-state index is 11.4. The molecule has 2 aromatic carbocycles. The number of amides is 1. The third-order valence-corrected chi connectivity index (χ3v) is 6.12. The summed E-state index contributed by atoms with van der Waals surface area (Å²) >= 11 is 0. The molecular formula is C23H27N3O. The molecule has 0 atom stereocenters. The predicted molar refractivity (Wildman–Crippen MR) is 109 cm³/mol. The van der Waals surface area contributed by atoms with Crippen molar-refractivity contribution in [2.75, 3.05) is 18.5 Å². The first-order valence-electron chi connectivity index (χ1n) is 9.49. The molecule has 1 saturated carbocycles. The van der Waals surface area contributed by atoms with Crippen LogP contribution in [0, 0.1) is 11.3 Å². The maximum Gasteiger partial charge on any atom is 0.207 e. The normalized spacial score (nSPS) is 24.6. The molecule has 140 valence electrons. The van der Waals surface area contributed by atoms with Crippen molar-refractivity contribution < 1.29 is 4.79 Å². The average Bonchev–Trinajstić information content (AvgIpc) is 2.71. The number of nitrogens with one attached hydrogen (secondary N) is 1. The van der Waals surface area contributed by atoms with Crippen LogP contribution in [-0.4, -0.2) is 25.5 Å². The van der Waals surface area contributed by atoms with E-state index < -0.39 is 0 Å². The Morgan fingerprint density at radius 3 is 2.33 bits per heavy atom. The average molecular weight is 361 g/mol. The smallest absolute Gasteiger partial charge is 0.207 e. The second-order valence-corrected chi connectivity index (χ2v) is 7.95. The molecule has 1 amide bonds. The summed E-state index contributed by atoms with van der Waals surface area (Å²) in [4.78, 5) is 13.5. The molecule has 0 bridgehead atoms. The SMILES string of the molecule is CN(CC1(NC=O)CCC(C)(c2ccccc2)CC1)c1ccccc1C#N. The second-order valence-electron chi connectivity index (χ2n) is 7.95. The van der Waals surface area contributed by atoms with Crippen molar-refractivity contribution in [2.24, 2.45) is 0 Å². The molecule has 0 radical (unpaired) electrons. The molecule has 4 heteroatoms. The van der Waals surface area contributed by atoms with E-state index in [0.29, 0.717) is 12.1 Å². The quantitative estimate of drug-likeness (QED) is 0.791. The molecule has 0 unspecified atom stereocenters. The van der Waals surface area contributed by atoms with Gasteiger partial charge >= 0.3 is 0 Å². The lowest BCUT2D eigenvalue weighted by Crippen LogP contribution is -2.56. The predicted octanol–water partition coefficient (Wildman–Crippen LogP) is 4.01. The highest BCUT2D eigenvalue weighted by atomic mass is 16.1. The number of anilines is 1. The van der Waals surface area contributed by atoms with E-state index >= 15 is 0 Å². The molecule has 0 heterocycles. The van der Waals surface area contributed by atoms with Crippen molar-refractivity contribution in [3.8, 4) is 6.07 Å². The maximum absolute atomic E-state index is 11.4. The highest BCUT2D eigenvalue weighted by Gasteiger charge is 2.41. The fourth-order valence-electron chi connectivity index (χ4n) is 4.32. The largest absolute Gasteiger partial charge is 0.371 e. The second kappa shape index (κ2) is 7.84. The molecule has 4 nitrogen and oxygen atoms in total. The van der Waals surface area contributed by atoms with E-state index in [-0.39, 0.29) is 11.0 Å². The van der Waals surface area contributed by atoms with Gasteiger partial charge in [0.1, 0.15) is 6.07 Å². The Labute approximate surface area is 161 Å². The van der Waals surface area contributed by atoms with Gasteiger partial charge in [-0.15, -0.1) is 0 Å². The van der Waals surface area contributed by atoms with Gasteiger partial charge in [-0.1, -0.05) is 49.4 Å². The van der Waals surface area contributed by atoms with Gasteiger partial charge in [0.25, 0.3) is 0 Å². The van der Waals surface area contributed by atoms with Gasteiger partial charge < -0.3 is 10.2 Å². The van der Waals surface area contributed by atoms with Gasteiger partial charge in [-0.05, 0) is 48.8 Å². The minimum atomic E-state index is -0.270. The van der Waals surface area contributed by atoms with Gasteiger partial charge in [-0.3, -0.25) is 4.79 Å². The molecule has 0 spiro atoms. The number of nitrogens with zero attached hydrogens (tertiary/aromatic N) is 2. The van der Waals surface area contributed by atoms with Crippen LogP contribution >= 0.6 is 0 Å². The Hall–Kier alpha value is -2.80. The summed E-state index contributed by atoms with van der Waals surface area (Å²) in [5.41, 5.74) is 2.80. The monoisotopic (exact) mass is 361 g/mol. The first kappa shape index (κ1) is 19.0. The van der Waals surface area contributed by atoms with Crippen LogP contribution < -0.4 is 10.2 Å². The zero-order valence-electron chi connectivity index (χ0n) is 16.1. The van der Waals surface area contributed by atoms with Gasteiger partial charge in [0.15, 0.2) is 0 Å². The first-order chi connectivity index (χ1) is 13.0. The van der Waals surface area contributed by atoms with E-state index in [1.807, 2.05) is 31.3 Å². The highest BCUT2D eigenvalue weighted by Crippen LogP contribution is 2.43. The number of para-hydroxylation sites is 1. The number of carbonyl (C=O) groups excluding carboxylic acids is 1. The van der Waals surface area contributed by atoms with Gasteiger partial charge in [-0.2, -0.15) is 5.26 Å². The number of carbonyl (C=O) groups is 1. The van der Waals surface area contributed by atoms with Crippen LogP contribution in [0.25, 0.3) is 0 Å². The number of hydrogen-bond donors (Lipinski definition) is 1. The Kier molecular flexibility index (Phi) is 5.51. The van der Waals surface area contributed by atoms with Crippen molar-refractivity contribution in [1.29, 1.82) is 5.26 Å². The van der Waals surface area contributed by atoms with E-state index in [1.165, 1.54) is 5.56 Å². The van der Waals surface area contributed by atoms with Crippen molar-refractivity contribution in [3.05, 3.63) is 65.7 Å². The lowest BCUT2D eigenvalue weighted by molar-refractivity contribution is -0.111. The van der Waals surface area contributed by atoms with E-state index in [1.54, 1.807) is 0 Å². The highest BCUT2D eigenvalue weighted by molar-refractivity contribution is 5.59. The molecular weight excluding hydrogens is 334 g/mol. The summed E-state index contributed by atoms with van der Waals surface area (Å²) < 4.78 is 0. The van der Waals surface area contributed by atoms with Crippen LogP contribution in [0.2, 0.25) is 0 Å². The number of benzene rings is 2.